The molecule has 2 aromatic rings. The third-order valence-electron chi connectivity index (χ3n) is 8.05. The lowest BCUT2D eigenvalue weighted by molar-refractivity contribution is -0.0656. The summed E-state index contributed by atoms with van der Waals surface area (Å²) in [6.45, 7) is 3.18. The zero-order chi connectivity index (χ0) is 29.5. The SMILES string of the molecule is CCCCOc1c2n(cc(C(=O)NCc3c(F)cc(F)cc3F)c1=O)[C@@H]1CN(C2=O)[C@@H](C)CC[C@]12CC(CO)=NO2. The summed E-state index contributed by atoms with van der Waals surface area (Å²) in [7, 11) is 0. The van der Waals surface area contributed by atoms with E-state index < -0.39 is 64.0 Å². The van der Waals surface area contributed by atoms with Gasteiger partial charge in [0.15, 0.2) is 17.0 Å². The molecule has 1 spiro atoms. The summed E-state index contributed by atoms with van der Waals surface area (Å²) < 4.78 is 49.1. The zero-order valence-corrected chi connectivity index (χ0v) is 22.7. The molecule has 0 saturated carbocycles. The van der Waals surface area contributed by atoms with Gasteiger partial charge in [-0.25, -0.2) is 13.2 Å². The molecule has 0 radical (unpaired) electrons. The number of hydrogen-bond acceptors (Lipinski definition) is 7. The molecule has 3 aliphatic rings. The molecule has 3 aliphatic heterocycles. The van der Waals surface area contributed by atoms with Crippen LogP contribution >= 0.6 is 0 Å². The normalized spacial score (nSPS) is 23.1. The van der Waals surface area contributed by atoms with Crippen LogP contribution in [0.15, 0.2) is 28.3 Å². The Morgan fingerprint density at radius 3 is 2.66 bits per heavy atom. The van der Waals surface area contributed by atoms with Crippen molar-refractivity contribution in [2.45, 2.75) is 70.2 Å². The van der Waals surface area contributed by atoms with Crippen LogP contribution in [0, 0.1) is 17.5 Å². The average Bonchev–Trinajstić information content (AvgIpc) is 3.31. The highest BCUT2D eigenvalue weighted by atomic mass is 19.1. The maximum Gasteiger partial charge on any atom is 0.274 e. The van der Waals surface area contributed by atoms with E-state index in [1.165, 1.54) is 10.8 Å². The first kappa shape index (κ1) is 28.7. The number of nitrogens with one attached hydrogen (secondary N) is 1. The van der Waals surface area contributed by atoms with Crippen LogP contribution in [0.3, 0.4) is 0 Å². The van der Waals surface area contributed by atoms with Crippen LogP contribution in [0.1, 0.15) is 78.4 Å². The quantitative estimate of drug-likeness (QED) is 0.466. The van der Waals surface area contributed by atoms with Crippen molar-refractivity contribution in [2.75, 3.05) is 19.8 Å². The predicted octanol–water partition coefficient (Wildman–Crippen LogP) is 3.06. The number of carbonyl (C=O) groups excluding carboxylic acids is 2. The van der Waals surface area contributed by atoms with Gasteiger partial charge in [-0.3, -0.25) is 14.4 Å². The highest BCUT2D eigenvalue weighted by molar-refractivity contribution is 5.99. The van der Waals surface area contributed by atoms with Crippen LogP contribution < -0.4 is 15.5 Å². The van der Waals surface area contributed by atoms with Crippen LogP contribution in [-0.2, 0) is 11.4 Å². The first-order valence-corrected chi connectivity index (χ1v) is 13.6. The standard InChI is InChI=1S/C28H31F3N4O6/c1-3-4-7-40-25-23-27(39)34-13-22(28(6-5-15(34)2)10-17(14-36)33-41-28)35(23)12-19(24(25)37)26(38)32-11-18-20(30)8-16(29)9-21(18)31/h8-9,12,15,22,36H,3-7,10-11,13-14H2,1-2H3,(H,32,38)/t15-,22+,28-/m0/s1. The fourth-order valence-corrected chi connectivity index (χ4v) is 5.71. The van der Waals surface area contributed by atoms with Gasteiger partial charge in [-0.2, -0.15) is 0 Å². The number of hydrogen-bond donors (Lipinski definition) is 2. The summed E-state index contributed by atoms with van der Waals surface area (Å²) in [6.07, 6.45) is 3.91. The molecule has 5 rings (SSSR count). The van der Waals surface area contributed by atoms with Crippen molar-refractivity contribution in [3.05, 3.63) is 62.8 Å². The second kappa shape index (κ2) is 11.2. The number of halogens is 3. The fraction of sp³-hybridized carbons (Fsp3) is 0.500. The monoisotopic (exact) mass is 576 g/mol. The van der Waals surface area contributed by atoms with E-state index >= 15 is 0 Å². The van der Waals surface area contributed by atoms with Crippen LogP contribution in [0.5, 0.6) is 5.75 Å². The van der Waals surface area contributed by atoms with E-state index in [4.69, 9.17) is 9.57 Å². The van der Waals surface area contributed by atoms with Crippen LogP contribution in [0.2, 0.25) is 0 Å². The Hall–Kier alpha value is -3.87. The molecule has 13 heteroatoms. The van der Waals surface area contributed by atoms with E-state index in [9.17, 15) is 32.7 Å². The third-order valence-corrected chi connectivity index (χ3v) is 8.05. The second-order valence-corrected chi connectivity index (χ2v) is 10.7. The Bertz CT molecular complexity index is 1450. The van der Waals surface area contributed by atoms with E-state index in [0.29, 0.717) is 37.1 Å². The average molecular weight is 577 g/mol. The number of aliphatic hydroxyl groups is 1. The number of aliphatic hydroxyl groups excluding tert-OH is 1. The summed E-state index contributed by atoms with van der Waals surface area (Å²) in [4.78, 5) is 48.3. The van der Waals surface area contributed by atoms with E-state index in [1.807, 2.05) is 13.8 Å². The van der Waals surface area contributed by atoms with Crippen molar-refractivity contribution in [3.8, 4) is 5.75 Å². The Morgan fingerprint density at radius 2 is 2.00 bits per heavy atom. The Kier molecular flexibility index (Phi) is 7.82. The van der Waals surface area contributed by atoms with Crippen molar-refractivity contribution in [3.63, 3.8) is 0 Å². The summed E-state index contributed by atoms with van der Waals surface area (Å²) in [5.41, 5.74) is -2.37. The number of aromatic nitrogens is 1. The minimum atomic E-state index is -1.19. The zero-order valence-electron chi connectivity index (χ0n) is 22.7. The number of nitrogens with zero attached hydrogens (tertiary/aromatic N) is 3. The molecule has 2 N–H and O–H groups in total. The summed E-state index contributed by atoms with van der Waals surface area (Å²) in [6, 6.07) is 0.195. The molecule has 10 nitrogen and oxygen atoms in total. The maximum absolute atomic E-state index is 14.2. The van der Waals surface area contributed by atoms with Gasteiger partial charge in [0.05, 0.1) is 25.0 Å². The Labute approximate surface area is 233 Å². The Balaban J connectivity index is 1.60. The fourth-order valence-electron chi connectivity index (χ4n) is 5.71. The number of unbranched alkanes of at least 4 members (excludes halogenated alkanes) is 1. The first-order valence-electron chi connectivity index (χ1n) is 13.6. The van der Waals surface area contributed by atoms with Crippen molar-refractivity contribution < 1.29 is 37.4 Å². The molecule has 4 heterocycles. The van der Waals surface area contributed by atoms with E-state index in [1.54, 1.807) is 4.90 Å². The number of amides is 2. The van der Waals surface area contributed by atoms with Gasteiger partial charge in [-0.05, 0) is 26.2 Å². The van der Waals surface area contributed by atoms with Gasteiger partial charge in [0.2, 0.25) is 5.43 Å². The molecular weight excluding hydrogens is 545 g/mol. The molecule has 41 heavy (non-hydrogen) atoms. The second-order valence-electron chi connectivity index (χ2n) is 10.7. The predicted molar refractivity (Wildman–Crippen MR) is 140 cm³/mol. The molecule has 2 amide bonds. The largest absolute Gasteiger partial charge is 0.487 e. The molecule has 0 aliphatic carbocycles. The van der Waals surface area contributed by atoms with Gasteiger partial charge >= 0.3 is 0 Å². The van der Waals surface area contributed by atoms with Crippen LogP contribution in [-0.4, -0.2) is 63.5 Å². The van der Waals surface area contributed by atoms with Gasteiger partial charge < -0.3 is 29.5 Å². The van der Waals surface area contributed by atoms with Crippen molar-refractivity contribution >= 4 is 17.5 Å². The molecule has 220 valence electrons. The van der Waals surface area contributed by atoms with E-state index in [0.717, 1.165) is 6.42 Å². The molecule has 1 fully saturated rings. The highest BCUT2D eigenvalue weighted by Crippen LogP contribution is 2.46. The number of benzene rings is 1. The lowest BCUT2D eigenvalue weighted by Crippen LogP contribution is -2.52. The number of ether oxygens (including phenoxy) is 1. The lowest BCUT2D eigenvalue weighted by Gasteiger charge is -2.42. The molecule has 1 aromatic heterocycles. The van der Waals surface area contributed by atoms with Gasteiger partial charge in [0.25, 0.3) is 11.8 Å². The van der Waals surface area contributed by atoms with Gasteiger partial charge in [0, 0.05) is 49.4 Å². The molecular formula is C28H31F3N4O6. The van der Waals surface area contributed by atoms with E-state index in [2.05, 4.69) is 10.5 Å². The summed E-state index contributed by atoms with van der Waals surface area (Å²) in [5.74, 6) is -5.17. The molecule has 1 saturated heterocycles. The Morgan fingerprint density at radius 1 is 1.27 bits per heavy atom. The van der Waals surface area contributed by atoms with Crippen molar-refractivity contribution in [1.29, 1.82) is 0 Å². The number of fused-ring (bicyclic) bond motifs is 5. The van der Waals surface area contributed by atoms with Crippen molar-refractivity contribution in [2.24, 2.45) is 5.16 Å². The van der Waals surface area contributed by atoms with Gasteiger partial charge in [-0.15, -0.1) is 0 Å². The van der Waals surface area contributed by atoms with Crippen LogP contribution in [0.25, 0.3) is 0 Å². The number of carbonyl (C=O) groups is 2. The molecule has 2 bridgehead atoms. The number of pyridine rings is 1. The molecule has 0 unspecified atom stereocenters. The molecule has 1 aromatic carbocycles. The summed E-state index contributed by atoms with van der Waals surface area (Å²) >= 11 is 0. The third kappa shape index (κ3) is 5.07. The topological polar surface area (TPSA) is 122 Å². The smallest absolute Gasteiger partial charge is 0.274 e. The van der Waals surface area contributed by atoms with E-state index in [-0.39, 0.29) is 43.7 Å². The minimum Gasteiger partial charge on any atom is -0.487 e. The lowest BCUT2D eigenvalue weighted by atomic mass is 9.84. The van der Waals surface area contributed by atoms with Gasteiger partial charge in [0.1, 0.15) is 23.0 Å². The van der Waals surface area contributed by atoms with Crippen molar-refractivity contribution in [1.82, 2.24) is 14.8 Å². The van der Waals surface area contributed by atoms with Gasteiger partial charge in [-0.1, -0.05) is 18.5 Å². The first-order chi connectivity index (χ1) is 19.6. The molecule has 3 atom stereocenters. The van der Waals surface area contributed by atoms with Crippen LogP contribution in [0.4, 0.5) is 13.2 Å². The minimum absolute atomic E-state index is 0.0244. The number of rotatable bonds is 8. The number of oxime groups is 1. The maximum atomic E-state index is 14.2. The summed E-state index contributed by atoms with van der Waals surface area (Å²) in [5, 5.41) is 16.1. The highest BCUT2D eigenvalue weighted by Gasteiger charge is 2.54.